The van der Waals surface area contributed by atoms with Crippen LogP contribution in [0.5, 0.6) is 0 Å². The van der Waals surface area contributed by atoms with Gasteiger partial charge in [-0.2, -0.15) is 0 Å². The summed E-state index contributed by atoms with van der Waals surface area (Å²) in [4.78, 5) is 0. The summed E-state index contributed by atoms with van der Waals surface area (Å²) in [7, 11) is 0. The van der Waals surface area contributed by atoms with E-state index in [-0.39, 0.29) is 5.41 Å². The highest BCUT2D eigenvalue weighted by molar-refractivity contribution is 7.25. The Hall–Kier alpha value is -4.98. The molecule has 8 atom stereocenters. The van der Waals surface area contributed by atoms with Crippen LogP contribution in [0.2, 0.25) is 0 Å². The van der Waals surface area contributed by atoms with Crippen molar-refractivity contribution in [3.63, 3.8) is 0 Å². The summed E-state index contributed by atoms with van der Waals surface area (Å²) in [5.74, 6) is 5.09. The Morgan fingerprint density at radius 1 is 0.444 bits per heavy atom. The van der Waals surface area contributed by atoms with Crippen LogP contribution in [0.1, 0.15) is 129 Å². The van der Waals surface area contributed by atoms with Crippen LogP contribution in [0.4, 0.5) is 0 Å². The van der Waals surface area contributed by atoms with Crippen molar-refractivity contribution in [2.45, 2.75) is 106 Å². The number of fused-ring (bicyclic) bond motifs is 23. The van der Waals surface area contributed by atoms with Gasteiger partial charge in [-0.05, 0) is 177 Å². The molecule has 1 aromatic heterocycles. The molecule has 2 spiro atoms. The Morgan fingerprint density at radius 3 is 1.62 bits per heavy atom. The zero-order valence-electron chi connectivity index (χ0n) is 36.4. The molecule has 63 heavy (non-hydrogen) atoms. The molecule has 0 bridgehead atoms. The summed E-state index contributed by atoms with van der Waals surface area (Å²) in [6.45, 7) is 0. The van der Waals surface area contributed by atoms with E-state index in [1.54, 1.807) is 33.4 Å². The van der Waals surface area contributed by atoms with Crippen LogP contribution in [0.15, 0.2) is 145 Å². The molecule has 0 N–H and O–H groups in total. The Morgan fingerprint density at radius 2 is 0.952 bits per heavy atom. The normalized spacial score (nSPS) is 30.1. The molecule has 6 aromatic carbocycles. The topological polar surface area (TPSA) is 0 Å². The van der Waals surface area contributed by atoms with Gasteiger partial charge in [-0.25, -0.2) is 0 Å². The molecule has 7 aromatic rings. The molecule has 4 fully saturated rings. The first-order chi connectivity index (χ1) is 31.2. The van der Waals surface area contributed by atoms with Crippen LogP contribution in [0.3, 0.4) is 0 Å². The van der Waals surface area contributed by atoms with Gasteiger partial charge in [0.2, 0.25) is 0 Å². The molecule has 1 heteroatoms. The van der Waals surface area contributed by atoms with E-state index in [9.17, 15) is 0 Å². The summed E-state index contributed by atoms with van der Waals surface area (Å²) >= 11 is 1.96. The van der Waals surface area contributed by atoms with Crippen molar-refractivity contribution in [1.29, 1.82) is 0 Å². The van der Waals surface area contributed by atoms with E-state index in [0.29, 0.717) is 23.2 Å². The number of thiophene rings is 1. The summed E-state index contributed by atoms with van der Waals surface area (Å²) in [6, 6.07) is 49.1. The maximum atomic E-state index is 2.71. The van der Waals surface area contributed by atoms with Gasteiger partial charge < -0.3 is 0 Å². The van der Waals surface area contributed by atoms with E-state index in [2.05, 4.69) is 140 Å². The number of hydrogen-bond acceptors (Lipinski definition) is 1. The average Bonchev–Trinajstić information content (AvgIpc) is 4.12. The molecule has 0 saturated heterocycles. The van der Waals surface area contributed by atoms with Gasteiger partial charge in [-0.1, -0.05) is 159 Å². The summed E-state index contributed by atoms with van der Waals surface area (Å²) in [6.07, 6.45) is 25.4. The number of rotatable bonds is 2. The van der Waals surface area contributed by atoms with Crippen LogP contribution < -0.4 is 0 Å². The third-order valence-corrected chi connectivity index (χ3v) is 20.4. The molecule has 8 aliphatic rings. The van der Waals surface area contributed by atoms with Crippen LogP contribution in [-0.4, -0.2) is 0 Å². The Kier molecular flexibility index (Phi) is 7.67. The molecule has 4 saturated carbocycles. The Labute approximate surface area is 377 Å². The summed E-state index contributed by atoms with van der Waals surface area (Å²) in [5, 5.41) is 2.82. The van der Waals surface area contributed by atoms with Crippen molar-refractivity contribution in [3.05, 3.63) is 179 Å². The molecule has 8 unspecified atom stereocenters. The van der Waals surface area contributed by atoms with Crippen molar-refractivity contribution in [3.8, 4) is 33.4 Å². The predicted molar refractivity (Wildman–Crippen MR) is 264 cm³/mol. The largest absolute Gasteiger partial charge is 0.135 e. The highest BCUT2D eigenvalue weighted by atomic mass is 32.1. The van der Waals surface area contributed by atoms with E-state index in [1.807, 2.05) is 16.9 Å². The van der Waals surface area contributed by atoms with Gasteiger partial charge in [-0.3, -0.25) is 0 Å². The highest BCUT2D eigenvalue weighted by Gasteiger charge is 2.66. The van der Waals surface area contributed by atoms with Crippen molar-refractivity contribution in [2.24, 2.45) is 29.6 Å². The first kappa shape index (κ1) is 36.4. The van der Waals surface area contributed by atoms with Gasteiger partial charge in [0.15, 0.2) is 0 Å². The molecule has 15 rings (SSSR count). The van der Waals surface area contributed by atoms with Gasteiger partial charge >= 0.3 is 0 Å². The Bertz CT molecular complexity index is 3090. The first-order valence-corrected chi connectivity index (χ1v) is 25.9. The second kappa shape index (κ2) is 13.3. The average molecular weight is 833 g/mol. The monoisotopic (exact) mass is 832 g/mol. The lowest BCUT2D eigenvalue weighted by Crippen LogP contribution is -2.44. The zero-order chi connectivity index (χ0) is 41.0. The lowest BCUT2D eigenvalue weighted by molar-refractivity contribution is 0.0877. The predicted octanol–water partition coefficient (Wildman–Crippen LogP) is 16.8. The first-order valence-electron chi connectivity index (χ1n) is 25.0. The smallest absolute Gasteiger partial charge is 0.0500 e. The van der Waals surface area contributed by atoms with E-state index in [0.717, 1.165) is 23.7 Å². The minimum absolute atomic E-state index is 0.0469. The molecular formula is C62H56S. The number of hydrogen-bond donors (Lipinski definition) is 0. The van der Waals surface area contributed by atoms with E-state index >= 15 is 0 Å². The minimum Gasteiger partial charge on any atom is -0.135 e. The maximum absolute atomic E-state index is 2.71. The quantitative estimate of drug-likeness (QED) is 0.163. The van der Waals surface area contributed by atoms with Crippen molar-refractivity contribution >= 4 is 31.5 Å². The van der Waals surface area contributed by atoms with Crippen LogP contribution in [-0.2, 0) is 10.8 Å². The molecule has 8 aliphatic carbocycles. The van der Waals surface area contributed by atoms with E-state index in [4.69, 9.17) is 0 Å². The maximum Gasteiger partial charge on any atom is 0.0500 e. The van der Waals surface area contributed by atoms with E-state index < -0.39 is 0 Å². The van der Waals surface area contributed by atoms with Crippen LogP contribution in [0, 0.1) is 29.6 Å². The third kappa shape index (κ3) is 4.63. The number of allylic oxidation sites excluding steroid dienone is 4. The Balaban J connectivity index is 0.834. The lowest BCUT2D eigenvalue weighted by atomic mass is 9.56. The third-order valence-electron chi connectivity index (χ3n) is 19.2. The van der Waals surface area contributed by atoms with Crippen molar-refractivity contribution < 1.29 is 0 Å². The molecule has 1 heterocycles. The van der Waals surface area contributed by atoms with Gasteiger partial charge in [0, 0.05) is 31.0 Å². The van der Waals surface area contributed by atoms with Crippen molar-refractivity contribution in [1.82, 2.24) is 0 Å². The van der Waals surface area contributed by atoms with Crippen LogP contribution in [0.25, 0.3) is 53.6 Å². The lowest BCUT2D eigenvalue weighted by Gasteiger charge is -2.47. The molecule has 0 aliphatic heterocycles. The second-order valence-electron chi connectivity index (χ2n) is 21.3. The highest BCUT2D eigenvalue weighted by Crippen LogP contribution is 2.73. The summed E-state index contributed by atoms with van der Waals surface area (Å²) in [5.41, 5.74) is 20.4. The standard InChI is InChI=1S/C62H56S/c1-7-19-51-41(13-1)42-14-2-8-20-52(42)61(51)55-23-11-5-17-45(55)47-33-37(25-29-57(47)61)39-27-31-59-49(35-39)50-36-40(28-32-60(50)63-59)38-26-30-58-48(34-38)46-18-6-12-24-56(46)62(58)53-21-9-3-15-43(53)44-16-4-10-22-54(44)62/h1-3,7-9,13-15,19-20,25-36,44-46,53-56H,4-6,10-12,16-18,21-24H2. The zero-order valence-corrected chi connectivity index (χ0v) is 37.2. The molecule has 0 nitrogen and oxygen atoms in total. The fourth-order valence-corrected chi connectivity index (χ4v) is 18.3. The van der Waals surface area contributed by atoms with Gasteiger partial charge in [0.05, 0.1) is 0 Å². The fraction of sp³-hybridized carbons (Fsp3) is 0.355. The van der Waals surface area contributed by atoms with Gasteiger partial charge in [0.1, 0.15) is 0 Å². The van der Waals surface area contributed by atoms with Gasteiger partial charge in [-0.15, -0.1) is 11.3 Å². The number of benzene rings is 6. The molecule has 310 valence electrons. The molecular weight excluding hydrogens is 777 g/mol. The van der Waals surface area contributed by atoms with Crippen LogP contribution >= 0.6 is 11.3 Å². The van der Waals surface area contributed by atoms with E-state index in [1.165, 1.54) is 137 Å². The minimum atomic E-state index is -0.0469. The second-order valence-corrected chi connectivity index (χ2v) is 22.4. The SMILES string of the molecule is C1=CCC2C(=C1)C1CCCCC1C21c2ccc(-c3ccc4sc5ccc(-c6ccc7c(c6)C6CCCCC6C76c7ccccc7-c7ccccc76)cc5c4c3)cc2C2CCCCC21. The molecule has 0 amide bonds. The fourth-order valence-electron chi connectivity index (χ4n) is 17.2. The van der Waals surface area contributed by atoms with Gasteiger partial charge in [0.25, 0.3) is 0 Å². The summed E-state index contributed by atoms with van der Waals surface area (Å²) < 4.78 is 2.80. The molecule has 0 radical (unpaired) electrons. The van der Waals surface area contributed by atoms with Crippen molar-refractivity contribution in [2.75, 3.05) is 0 Å².